The zero-order valence-electron chi connectivity index (χ0n) is 10.6. The van der Waals surface area contributed by atoms with Crippen molar-refractivity contribution in [3.05, 3.63) is 0 Å². The highest BCUT2D eigenvalue weighted by atomic mass is 16.5. The molecule has 0 saturated carbocycles. The van der Waals surface area contributed by atoms with Gasteiger partial charge in [0.05, 0.1) is 5.92 Å². The van der Waals surface area contributed by atoms with Crippen LogP contribution < -0.4 is 0 Å². The molecular formula is C13H21NO4. The van der Waals surface area contributed by atoms with Crippen LogP contribution in [-0.4, -0.2) is 48.2 Å². The van der Waals surface area contributed by atoms with Crippen LogP contribution in [0.4, 0.5) is 0 Å². The third-order valence-corrected chi connectivity index (χ3v) is 3.84. The van der Waals surface area contributed by atoms with E-state index in [1.807, 2.05) is 0 Å². The summed E-state index contributed by atoms with van der Waals surface area (Å²) in [6.07, 6.45) is 4.06. The fraction of sp³-hybridized carbons (Fsp3) is 0.846. The Kier molecular flexibility index (Phi) is 4.58. The van der Waals surface area contributed by atoms with Crippen LogP contribution in [0.5, 0.6) is 0 Å². The summed E-state index contributed by atoms with van der Waals surface area (Å²) in [6.45, 7) is 2.55. The Morgan fingerprint density at radius 3 is 2.78 bits per heavy atom. The fourth-order valence-electron chi connectivity index (χ4n) is 2.75. The van der Waals surface area contributed by atoms with Gasteiger partial charge in [0.1, 0.15) is 0 Å². The van der Waals surface area contributed by atoms with Crippen LogP contribution in [0.1, 0.15) is 32.1 Å². The maximum Gasteiger partial charge on any atom is 0.308 e. The average Bonchev–Trinajstić information content (AvgIpc) is 2.40. The molecule has 0 aromatic carbocycles. The SMILES string of the molecule is O=C(O)C1CCCN(C(=O)CC2CCCOC2)C1. The normalized spacial score (nSPS) is 29.0. The maximum atomic E-state index is 12.1. The van der Waals surface area contributed by atoms with Gasteiger partial charge in [-0.2, -0.15) is 0 Å². The van der Waals surface area contributed by atoms with E-state index in [0.717, 1.165) is 25.9 Å². The number of amides is 1. The van der Waals surface area contributed by atoms with Gasteiger partial charge in [0, 0.05) is 32.7 Å². The topological polar surface area (TPSA) is 66.8 Å². The van der Waals surface area contributed by atoms with Gasteiger partial charge < -0.3 is 14.7 Å². The molecule has 5 nitrogen and oxygen atoms in total. The van der Waals surface area contributed by atoms with Crippen LogP contribution in [0.25, 0.3) is 0 Å². The van der Waals surface area contributed by atoms with Crippen molar-refractivity contribution in [1.82, 2.24) is 4.90 Å². The molecule has 2 aliphatic rings. The van der Waals surface area contributed by atoms with Crippen molar-refractivity contribution in [2.45, 2.75) is 32.1 Å². The Labute approximate surface area is 107 Å². The van der Waals surface area contributed by atoms with Crippen LogP contribution in [-0.2, 0) is 14.3 Å². The van der Waals surface area contributed by atoms with E-state index in [-0.39, 0.29) is 11.8 Å². The molecule has 0 aromatic rings. The van der Waals surface area contributed by atoms with Gasteiger partial charge in [-0.1, -0.05) is 0 Å². The van der Waals surface area contributed by atoms with Gasteiger partial charge >= 0.3 is 5.97 Å². The zero-order valence-corrected chi connectivity index (χ0v) is 10.6. The monoisotopic (exact) mass is 255 g/mol. The molecule has 2 rings (SSSR count). The second-order valence-corrected chi connectivity index (χ2v) is 5.30. The van der Waals surface area contributed by atoms with Crippen molar-refractivity contribution in [3.63, 3.8) is 0 Å². The first-order valence-electron chi connectivity index (χ1n) is 6.75. The lowest BCUT2D eigenvalue weighted by molar-refractivity contribution is -0.146. The molecule has 0 aliphatic carbocycles. The molecule has 0 aromatic heterocycles. The quantitative estimate of drug-likeness (QED) is 0.821. The number of carboxylic acid groups (broad SMARTS) is 1. The number of carbonyl (C=O) groups excluding carboxylic acids is 1. The van der Waals surface area contributed by atoms with Crippen molar-refractivity contribution in [1.29, 1.82) is 0 Å². The van der Waals surface area contributed by atoms with Crippen molar-refractivity contribution < 1.29 is 19.4 Å². The molecule has 0 spiro atoms. The number of hydrogen-bond acceptors (Lipinski definition) is 3. The zero-order chi connectivity index (χ0) is 13.0. The molecule has 0 radical (unpaired) electrons. The second kappa shape index (κ2) is 6.18. The minimum Gasteiger partial charge on any atom is -0.481 e. The van der Waals surface area contributed by atoms with E-state index in [4.69, 9.17) is 9.84 Å². The molecule has 102 valence electrons. The maximum absolute atomic E-state index is 12.1. The van der Waals surface area contributed by atoms with Gasteiger partial charge in [-0.15, -0.1) is 0 Å². The first kappa shape index (κ1) is 13.3. The Morgan fingerprint density at radius 1 is 1.28 bits per heavy atom. The number of carboxylic acids is 1. The van der Waals surface area contributed by atoms with Gasteiger partial charge in [-0.3, -0.25) is 9.59 Å². The average molecular weight is 255 g/mol. The van der Waals surface area contributed by atoms with Crippen molar-refractivity contribution in [3.8, 4) is 0 Å². The fourth-order valence-corrected chi connectivity index (χ4v) is 2.75. The summed E-state index contributed by atoms with van der Waals surface area (Å²) in [5, 5.41) is 9.00. The minimum atomic E-state index is -0.784. The molecule has 2 fully saturated rings. The highest BCUT2D eigenvalue weighted by Crippen LogP contribution is 2.21. The number of rotatable bonds is 3. The first-order chi connectivity index (χ1) is 8.66. The standard InChI is InChI=1S/C13H21NO4/c15-12(7-10-3-2-6-18-9-10)14-5-1-4-11(8-14)13(16)17/h10-11H,1-9H2,(H,16,17). The molecule has 5 heteroatoms. The smallest absolute Gasteiger partial charge is 0.308 e. The molecule has 2 unspecified atom stereocenters. The summed E-state index contributed by atoms with van der Waals surface area (Å²) in [5.41, 5.74) is 0. The number of ether oxygens (including phenoxy) is 1. The number of nitrogens with zero attached hydrogens (tertiary/aromatic N) is 1. The predicted molar refractivity (Wildman–Crippen MR) is 65.1 cm³/mol. The molecule has 2 atom stereocenters. The van der Waals surface area contributed by atoms with Gasteiger partial charge in [0.15, 0.2) is 0 Å². The summed E-state index contributed by atoms with van der Waals surface area (Å²) >= 11 is 0. The van der Waals surface area contributed by atoms with Crippen LogP contribution in [0.2, 0.25) is 0 Å². The van der Waals surface area contributed by atoms with E-state index < -0.39 is 5.97 Å². The van der Waals surface area contributed by atoms with Crippen LogP contribution in [0, 0.1) is 11.8 Å². The van der Waals surface area contributed by atoms with Gasteiger partial charge in [0.25, 0.3) is 0 Å². The highest BCUT2D eigenvalue weighted by molar-refractivity contribution is 5.78. The Morgan fingerprint density at radius 2 is 2.11 bits per heavy atom. The number of piperidine rings is 1. The molecule has 2 aliphatic heterocycles. The Balaban J connectivity index is 1.82. The molecule has 1 amide bonds. The lowest BCUT2D eigenvalue weighted by atomic mass is 9.95. The molecule has 0 bridgehead atoms. The molecule has 18 heavy (non-hydrogen) atoms. The van der Waals surface area contributed by atoms with E-state index in [9.17, 15) is 9.59 Å². The summed E-state index contributed by atoms with van der Waals surface area (Å²) in [6, 6.07) is 0. The number of hydrogen-bond donors (Lipinski definition) is 1. The summed E-state index contributed by atoms with van der Waals surface area (Å²) in [7, 11) is 0. The first-order valence-corrected chi connectivity index (χ1v) is 6.75. The number of likely N-dealkylation sites (tertiary alicyclic amines) is 1. The highest BCUT2D eigenvalue weighted by Gasteiger charge is 2.29. The second-order valence-electron chi connectivity index (χ2n) is 5.30. The summed E-state index contributed by atoms with van der Waals surface area (Å²) < 4.78 is 5.36. The Hall–Kier alpha value is -1.10. The van der Waals surface area contributed by atoms with Crippen molar-refractivity contribution >= 4 is 11.9 Å². The van der Waals surface area contributed by atoms with E-state index >= 15 is 0 Å². The summed E-state index contributed by atoms with van der Waals surface area (Å²) in [4.78, 5) is 24.8. The van der Waals surface area contributed by atoms with E-state index in [1.165, 1.54) is 0 Å². The van der Waals surface area contributed by atoms with Crippen LogP contribution in [0.3, 0.4) is 0 Å². The molecule has 2 saturated heterocycles. The number of carbonyl (C=O) groups is 2. The Bertz CT molecular complexity index is 312. The molecule has 1 N–H and O–H groups in total. The van der Waals surface area contributed by atoms with Crippen LogP contribution in [0.15, 0.2) is 0 Å². The number of aliphatic carboxylic acids is 1. The van der Waals surface area contributed by atoms with E-state index in [1.54, 1.807) is 4.90 Å². The predicted octanol–water partition coefficient (Wildman–Crippen LogP) is 1.13. The van der Waals surface area contributed by atoms with Gasteiger partial charge in [-0.05, 0) is 31.6 Å². The van der Waals surface area contributed by atoms with Crippen LogP contribution >= 0.6 is 0 Å². The third-order valence-electron chi connectivity index (χ3n) is 3.84. The third kappa shape index (κ3) is 3.45. The van der Waals surface area contributed by atoms with Crippen molar-refractivity contribution in [2.75, 3.05) is 26.3 Å². The molecule has 2 heterocycles. The lowest BCUT2D eigenvalue weighted by Gasteiger charge is -2.32. The molecular weight excluding hydrogens is 234 g/mol. The minimum absolute atomic E-state index is 0.0939. The largest absolute Gasteiger partial charge is 0.481 e. The van der Waals surface area contributed by atoms with Gasteiger partial charge in [0.2, 0.25) is 5.91 Å². The summed E-state index contributed by atoms with van der Waals surface area (Å²) in [5.74, 6) is -0.758. The lowest BCUT2D eigenvalue weighted by Crippen LogP contribution is -2.43. The van der Waals surface area contributed by atoms with E-state index in [2.05, 4.69) is 0 Å². The van der Waals surface area contributed by atoms with E-state index in [0.29, 0.717) is 38.5 Å². The van der Waals surface area contributed by atoms with Crippen molar-refractivity contribution in [2.24, 2.45) is 11.8 Å². The van der Waals surface area contributed by atoms with Gasteiger partial charge in [-0.25, -0.2) is 0 Å².